The Morgan fingerprint density at radius 2 is 1.84 bits per heavy atom. The number of benzene rings is 2. The lowest BCUT2D eigenvalue weighted by atomic mass is 9.80. The van der Waals surface area contributed by atoms with Crippen molar-refractivity contribution in [3.8, 4) is 5.75 Å². The average molecular weight is 620 g/mol. The fourth-order valence-electron chi connectivity index (χ4n) is 5.56. The minimum Gasteiger partial charge on any atom is -0.495 e. The summed E-state index contributed by atoms with van der Waals surface area (Å²) in [6.07, 6.45) is -1.38. The Labute approximate surface area is 247 Å². The molecule has 230 valence electrons. The second-order valence-electron chi connectivity index (χ2n) is 10.7. The van der Waals surface area contributed by atoms with Crippen molar-refractivity contribution in [2.24, 2.45) is 0 Å². The number of rotatable bonds is 9. The number of aromatic nitrogens is 2. The zero-order chi connectivity index (χ0) is 30.9. The van der Waals surface area contributed by atoms with Gasteiger partial charge in [0.05, 0.1) is 36.8 Å². The van der Waals surface area contributed by atoms with Crippen LogP contribution < -0.4 is 15.4 Å². The van der Waals surface area contributed by atoms with E-state index < -0.39 is 25.6 Å². The highest BCUT2D eigenvalue weighted by molar-refractivity contribution is 7.38. The molecular weight excluding hydrogens is 586 g/mol. The quantitative estimate of drug-likeness (QED) is 0.240. The molecule has 1 saturated carbocycles. The first-order valence-electron chi connectivity index (χ1n) is 13.8. The monoisotopic (exact) mass is 619 g/mol. The molecule has 10 nitrogen and oxygen atoms in total. The van der Waals surface area contributed by atoms with Crippen LogP contribution in [0.15, 0.2) is 36.5 Å². The summed E-state index contributed by atoms with van der Waals surface area (Å²) >= 11 is 0. The first kappa shape index (κ1) is 30.8. The SMILES string of the molecule is COc1cc(CO[PH](C)=O)ccc1Nc1nc(Nc2ccc(C3CCC(O)CC3)c3c2C(=O)N(C)C3)ncc1C(F)(F)F. The maximum Gasteiger partial charge on any atom is 0.421 e. The molecular formula is C29H33F3N5O5P. The van der Waals surface area contributed by atoms with Crippen LogP contribution in [-0.4, -0.2) is 52.8 Å². The molecule has 3 N–H and O–H groups in total. The van der Waals surface area contributed by atoms with Crippen LogP contribution >= 0.6 is 8.03 Å². The maximum absolute atomic E-state index is 14.0. The van der Waals surface area contributed by atoms with E-state index in [1.54, 1.807) is 30.1 Å². The molecule has 0 bridgehead atoms. The molecule has 14 heteroatoms. The summed E-state index contributed by atoms with van der Waals surface area (Å²) in [7, 11) is 0.903. The van der Waals surface area contributed by atoms with Crippen molar-refractivity contribution in [1.29, 1.82) is 0 Å². The Hall–Kier alpha value is -3.67. The topological polar surface area (TPSA) is 126 Å². The summed E-state index contributed by atoms with van der Waals surface area (Å²) in [4.78, 5) is 22.8. The summed E-state index contributed by atoms with van der Waals surface area (Å²) in [5.41, 5.74) is 2.50. The van der Waals surface area contributed by atoms with E-state index in [1.807, 2.05) is 6.07 Å². The number of carbonyl (C=O) groups is 1. The van der Waals surface area contributed by atoms with E-state index >= 15 is 0 Å². The van der Waals surface area contributed by atoms with E-state index in [0.717, 1.165) is 24.0 Å². The number of hydrogen-bond donors (Lipinski definition) is 3. The Morgan fingerprint density at radius 1 is 1.12 bits per heavy atom. The van der Waals surface area contributed by atoms with Gasteiger partial charge in [0.15, 0.2) is 8.03 Å². The standard InChI is InChI=1S/C29H33F3N5O5P/c1-37-14-20-19(17-5-7-18(38)8-6-17)9-11-23(25(20)27(37)39)35-28-33-13-21(29(30,31)32)26(36-28)34-22-10-4-16(12-24(22)41-2)15-42-43(3)40/h4,9-13,17-18,38,43H,5-8,14-15H2,1-3H3,(H2,33,34,35,36). The first-order chi connectivity index (χ1) is 20.4. The number of nitrogens with zero attached hydrogens (tertiary/aromatic N) is 3. The molecule has 5 rings (SSSR count). The highest BCUT2D eigenvalue weighted by Crippen LogP contribution is 2.42. The summed E-state index contributed by atoms with van der Waals surface area (Å²) in [6, 6.07) is 8.37. The summed E-state index contributed by atoms with van der Waals surface area (Å²) < 4.78 is 63.8. The Balaban J connectivity index is 1.47. The predicted octanol–water partition coefficient (Wildman–Crippen LogP) is 6.22. The lowest BCUT2D eigenvalue weighted by Gasteiger charge is -2.27. The molecule has 1 aromatic heterocycles. The molecule has 1 aliphatic carbocycles. The van der Waals surface area contributed by atoms with Gasteiger partial charge < -0.3 is 29.9 Å². The molecule has 1 aliphatic heterocycles. The molecule has 2 aromatic carbocycles. The highest BCUT2D eigenvalue weighted by atomic mass is 31.1. The van der Waals surface area contributed by atoms with Gasteiger partial charge in [-0.3, -0.25) is 9.36 Å². The van der Waals surface area contributed by atoms with Crippen molar-refractivity contribution in [2.45, 2.75) is 57.0 Å². The van der Waals surface area contributed by atoms with Gasteiger partial charge >= 0.3 is 6.18 Å². The maximum atomic E-state index is 14.0. The third kappa shape index (κ3) is 6.79. The zero-order valence-corrected chi connectivity index (χ0v) is 24.9. The second kappa shape index (κ2) is 12.5. The van der Waals surface area contributed by atoms with Gasteiger partial charge in [0.2, 0.25) is 5.95 Å². The van der Waals surface area contributed by atoms with Crippen molar-refractivity contribution in [1.82, 2.24) is 14.9 Å². The van der Waals surface area contributed by atoms with Crippen LogP contribution in [0.1, 0.15) is 64.2 Å². The van der Waals surface area contributed by atoms with Gasteiger partial charge in [-0.15, -0.1) is 0 Å². The average Bonchev–Trinajstić information content (AvgIpc) is 3.26. The number of anilines is 4. The van der Waals surface area contributed by atoms with Crippen molar-refractivity contribution >= 4 is 37.1 Å². The molecule has 1 fully saturated rings. The number of aliphatic hydroxyl groups excluding tert-OH is 1. The van der Waals surface area contributed by atoms with Crippen LogP contribution in [0.3, 0.4) is 0 Å². The van der Waals surface area contributed by atoms with Gasteiger partial charge in [-0.25, -0.2) is 4.98 Å². The van der Waals surface area contributed by atoms with Gasteiger partial charge in [0.25, 0.3) is 5.91 Å². The van der Waals surface area contributed by atoms with Crippen LogP contribution in [0.4, 0.5) is 36.3 Å². The van der Waals surface area contributed by atoms with Gasteiger partial charge in [-0.05, 0) is 66.5 Å². The fraction of sp³-hybridized carbons (Fsp3) is 0.414. The van der Waals surface area contributed by atoms with E-state index in [1.165, 1.54) is 19.8 Å². The highest BCUT2D eigenvalue weighted by Gasteiger charge is 2.36. The number of nitrogens with one attached hydrogen (secondary N) is 2. The number of carbonyl (C=O) groups excluding carboxylic acids is 1. The molecule has 3 aromatic rings. The Morgan fingerprint density at radius 3 is 2.51 bits per heavy atom. The van der Waals surface area contributed by atoms with E-state index in [-0.39, 0.29) is 41.9 Å². The van der Waals surface area contributed by atoms with Crippen molar-refractivity contribution in [2.75, 3.05) is 31.5 Å². The minimum atomic E-state index is -4.76. The zero-order valence-electron chi connectivity index (χ0n) is 23.9. The van der Waals surface area contributed by atoms with Crippen LogP contribution in [-0.2, 0) is 28.4 Å². The largest absolute Gasteiger partial charge is 0.495 e. The van der Waals surface area contributed by atoms with Gasteiger partial charge in [-0.2, -0.15) is 18.2 Å². The van der Waals surface area contributed by atoms with Gasteiger partial charge in [-0.1, -0.05) is 12.1 Å². The molecule has 2 heterocycles. The molecule has 1 unspecified atom stereocenters. The third-order valence-electron chi connectivity index (χ3n) is 7.74. The summed E-state index contributed by atoms with van der Waals surface area (Å²) in [6.45, 7) is 1.92. The van der Waals surface area contributed by atoms with E-state index in [0.29, 0.717) is 42.4 Å². The number of halogens is 3. The van der Waals surface area contributed by atoms with Crippen LogP contribution in [0.2, 0.25) is 0 Å². The third-order valence-corrected chi connectivity index (χ3v) is 8.29. The van der Waals surface area contributed by atoms with Gasteiger partial charge in [0.1, 0.15) is 17.1 Å². The lowest BCUT2D eigenvalue weighted by Crippen LogP contribution is -2.18. The number of amides is 1. The molecule has 43 heavy (non-hydrogen) atoms. The number of alkyl halides is 3. The molecule has 0 radical (unpaired) electrons. The Bertz CT molecular complexity index is 1550. The first-order valence-corrected chi connectivity index (χ1v) is 15.6. The van der Waals surface area contributed by atoms with Crippen LogP contribution in [0, 0.1) is 0 Å². The van der Waals surface area contributed by atoms with Crippen molar-refractivity contribution < 1.29 is 36.9 Å². The predicted molar refractivity (Wildman–Crippen MR) is 156 cm³/mol. The fourth-order valence-corrected chi connectivity index (χ4v) is 5.93. The van der Waals surface area contributed by atoms with Crippen LogP contribution in [0.5, 0.6) is 5.75 Å². The number of ether oxygens (including phenoxy) is 1. The molecule has 0 saturated heterocycles. The van der Waals surface area contributed by atoms with Crippen molar-refractivity contribution in [3.63, 3.8) is 0 Å². The molecule has 2 aliphatic rings. The van der Waals surface area contributed by atoms with E-state index in [4.69, 9.17) is 9.26 Å². The molecule has 0 spiro atoms. The molecule has 1 amide bonds. The van der Waals surface area contributed by atoms with Crippen LogP contribution in [0.25, 0.3) is 0 Å². The minimum absolute atomic E-state index is 0.0556. The second-order valence-corrected chi connectivity index (χ2v) is 12.0. The van der Waals surface area contributed by atoms with Gasteiger partial charge in [0, 0.05) is 26.5 Å². The number of aliphatic hydroxyl groups is 1. The number of hydrogen-bond acceptors (Lipinski definition) is 9. The smallest absolute Gasteiger partial charge is 0.421 e. The lowest BCUT2D eigenvalue weighted by molar-refractivity contribution is -0.137. The number of fused-ring (bicyclic) bond motifs is 1. The summed E-state index contributed by atoms with van der Waals surface area (Å²) in [5, 5.41) is 15.6. The van der Waals surface area contributed by atoms with Crippen molar-refractivity contribution in [3.05, 3.63) is 64.3 Å². The molecule has 1 atom stereocenters. The Kier molecular flexibility index (Phi) is 8.96. The van der Waals surface area contributed by atoms with E-state index in [9.17, 15) is 27.6 Å². The normalized spacial score (nSPS) is 19.2. The number of methoxy groups -OCH3 is 1. The van der Waals surface area contributed by atoms with E-state index in [2.05, 4.69) is 20.6 Å². The summed E-state index contributed by atoms with van der Waals surface area (Å²) in [5.74, 6) is -0.409.